The number of benzene rings is 6. The van der Waals surface area contributed by atoms with Gasteiger partial charge in [-0.15, -0.1) is 0 Å². The summed E-state index contributed by atoms with van der Waals surface area (Å²) >= 11 is 0. The quantitative estimate of drug-likeness (QED) is 0.186. The maximum Gasteiger partial charge on any atom is 0.192 e. The van der Waals surface area contributed by atoms with Crippen LogP contribution in [0.3, 0.4) is 0 Å². The van der Waals surface area contributed by atoms with Crippen LogP contribution in [0, 0.1) is 0 Å². The Bertz CT molecular complexity index is 2140. The lowest BCUT2D eigenvalue weighted by molar-refractivity contribution is 0.151. The Kier molecular flexibility index (Phi) is 6.39. The SMILES string of the molecule is CC(C)(C)[Si](C)(C)OC1CCC2(c3cccc4ccccc34)C=C(c3cccc4ccccc34)Oc3c2c1cc1ccccc31. The molecule has 1 aliphatic carbocycles. The van der Waals surface area contributed by atoms with E-state index in [-0.39, 0.29) is 16.6 Å². The van der Waals surface area contributed by atoms with Gasteiger partial charge in [0.25, 0.3) is 0 Å². The molecule has 6 aromatic carbocycles. The summed E-state index contributed by atoms with van der Waals surface area (Å²) in [4.78, 5) is 0. The maximum absolute atomic E-state index is 7.29. The lowest BCUT2D eigenvalue weighted by atomic mass is 9.62. The predicted molar refractivity (Wildman–Crippen MR) is 191 cm³/mol. The van der Waals surface area contributed by atoms with Gasteiger partial charge in [-0.2, -0.15) is 0 Å². The van der Waals surface area contributed by atoms with E-state index >= 15 is 0 Å². The van der Waals surface area contributed by atoms with E-state index < -0.39 is 8.32 Å². The van der Waals surface area contributed by atoms with Crippen molar-refractivity contribution >= 4 is 46.4 Å². The van der Waals surface area contributed by atoms with E-state index in [1.807, 2.05) is 0 Å². The highest BCUT2D eigenvalue weighted by Crippen LogP contribution is 2.59. The van der Waals surface area contributed by atoms with Crippen molar-refractivity contribution in [2.45, 2.75) is 63.3 Å². The monoisotopic (exact) mass is 604 g/mol. The first-order valence-electron chi connectivity index (χ1n) is 16.3. The third-order valence-corrected chi connectivity index (χ3v) is 15.3. The molecule has 1 aliphatic heterocycles. The molecular weight excluding hydrogens is 565 g/mol. The van der Waals surface area contributed by atoms with E-state index in [4.69, 9.17) is 9.16 Å². The molecule has 0 fully saturated rings. The summed E-state index contributed by atoms with van der Waals surface area (Å²) in [6.45, 7) is 11.8. The third kappa shape index (κ3) is 4.40. The van der Waals surface area contributed by atoms with Crippen molar-refractivity contribution in [3.8, 4) is 5.75 Å². The maximum atomic E-state index is 7.29. The lowest BCUT2D eigenvalue weighted by Gasteiger charge is -2.47. The van der Waals surface area contributed by atoms with Gasteiger partial charge < -0.3 is 9.16 Å². The molecule has 2 atom stereocenters. The van der Waals surface area contributed by atoms with Gasteiger partial charge >= 0.3 is 0 Å². The molecule has 0 N–H and O–H groups in total. The average Bonchev–Trinajstić information content (AvgIpc) is 3.04. The van der Waals surface area contributed by atoms with Crippen molar-refractivity contribution in [2.75, 3.05) is 0 Å². The molecule has 224 valence electrons. The lowest BCUT2D eigenvalue weighted by Crippen LogP contribution is -2.44. The molecule has 0 aromatic heterocycles. The highest BCUT2D eigenvalue weighted by atomic mass is 28.4. The number of allylic oxidation sites excluding steroid dienone is 1. The summed E-state index contributed by atoms with van der Waals surface area (Å²) in [6.07, 6.45) is 4.36. The van der Waals surface area contributed by atoms with Gasteiger partial charge in [-0.3, -0.25) is 0 Å². The van der Waals surface area contributed by atoms with Crippen LogP contribution in [0.2, 0.25) is 18.1 Å². The van der Waals surface area contributed by atoms with E-state index in [1.54, 1.807) is 0 Å². The van der Waals surface area contributed by atoms with E-state index in [0.717, 1.165) is 35.3 Å². The summed E-state index contributed by atoms with van der Waals surface area (Å²) in [5, 5.41) is 7.45. The summed E-state index contributed by atoms with van der Waals surface area (Å²) < 4.78 is 14.5. The van der Waals surface area contributed by atoms with Crippen molar-refractivity contribution < 1.29 is 9.16 Å². The molecule has 0 bridgehead atoms. The van der Waals surface area contributed by atoms with Crippen molar-refractivity contribution in [1.29, 1.82) is 0 Å². The zero-order chi connectivity index (χ0) is 31.0. The standard InChI is InChI=1S/C42H40O2Si/c1-41(2,3)45(4,5)44-37-24-25-42(36-23-13-18-29-15-7-10-20-32(29)36)27-38(34-22-12-17-28-14-6-9-19-31(28)34)43-40-33-21-11-8-16-30(33)26-35(37)39(40)42/h6-23,26-27,37H,24-25H2,1-5H3. The van der Waals surface area contributed by atoms with E-state index in [1.165, 1.54) is 43.6 Å². The Hall–Kier alpha value is -4.18. The molecule has 0 saturated heterocycles. The molecule has 0 spiro atoms. The Morgan fingerprint density at radius 2 is 1.31 bits per heavy atom. The van der Waals surface area contributed by atoms with Crippen LogP contribution in [0.1, 0.15) is 62.0 Å². The highest BCUT2D eigenvalue weighted by Gasteiger charge is 2.49. The fraction of sp³-hybridized carbons (Fsp3) is 0.238. The van der Waals surface area contributed by atoms with Gasteiger partial charge in [0.1, 0.15) is 11.5 Å². The molecule has 2 unspecified atom stereocenters. The van der Waals surface area contributed by atoms with Crippen molar-refractivity contribution in [2.24, 2.45) is 0 Å². The Morgan fingerprint density at radius 3 is 2.04 bits per heavy atom. The second-order valence-corrected chi connectivity index (χ2v) is 19.2. The average molecular weight is 605 g/mol. The molecule has 3 heteroatoms. The molecule has 0 radical (unpaired) electrons. The number of ether oxygens (including phenoxy) is 1. The molecular formula is C42H40O2Si. The van der Waals surface area contributed by atoms with Gasteiger partial charge in [-0.05, 0) is 81.2 Å². The van der Waals surface area contributed by atoms with Crippen LogP contribution in [0.5, 0.6) is 5.75 Å². The molecule has 8 rings (SSSR count). The van der Waals surface area contributed by atoms with E-state index in [2.05, 4.69) is 155 Å². The normalized spacial score (nSPS) is 19.8. The second kappa shape index (κ2) is 10.2. The third-order valence-electron chi connectivity index (χ3n) is 10.8. The van der Waals surface area contributed by atoms with Crippen LogP contribution in [0.25, 0.3) is 38.1 Å². The van der Waals surface area contributed by atoms with Gasteiger partial charge in [0, 0.05) is 21.9 Å². The molecule has 0 saturated carbocycles. The van der Waals surface area contributed by atoms with Crippen LogP contribution in [0.4, 0.5) is 0 Å². The molecule has 2 aliphatic rings. The minimum atomic E-state index is -2.06. The molecule has 45 heavy (non-hydrogen) atoms. The van der Waals surface area contributed by atoms with Crippen LogP contribution >= 0.6 is 0 Å². The highest BCUT2D eigenvalue weighted by molar-refractivity contribution is 6.74. The largest absolute Gasteiger partial charge is 0.456 e. The zero-order valence-electron chi connectivity index (χ0n) is 26.9. The van der Waals surface area contributed by atoms with Gasteiger partial charge in [0.15, 0.2) is 8.32 Å². The summed E-state index contributed by atoms with van der Waals surface area (Å²) in [5.41, 5.74) is 4.64. The predicted octanol–water partition coefficient (Wildman–Crippen LogP) is 11.7. The summed E-state index contributed by atoms with van der Waals surface area (Å²) in [5.74, 6) is 1.91. The van der Waals surface area contributed by atoms with Crippen molar-refractivity contribution in [3.63, 3.8) is 0 Å². The van der Waals surface area contributed by atoms with Gasteiger partial charge in [-0.1, -0.05) is 130 Å². The summed E-state index contributed by atoms with van der Waals surface area (Å²) in [7, 11) is -2.06. The topological polar surface area (TPSA) is 18.5 Å². The van der Waals surface area contributed by atoms with E-state index in [0.29, 0.717) is 0 Å². The van der Waals surface area contributed by atoms with Crippen LogP contribution in [-0.2, 0) is 9.84 Å². The fourth-order valence-corrected chi connectivity index (χ4v) is 8.80. The second-order valence-electron chi connectivity index (χ2n) is 14.4. The fourth-order valence-electron chi connectivity index (χ4n) is 7.49. The van der Waals surface area contributed by atoms with Crippen molar-refractivity contribution in [1.82, 2.24) is 0 Å². The first kappa shape index (κ1) is 28.3. The zero-order valence-corrected chi connectivity index (χ0v) is 27.9. The number of rotatable bonds is 4. The summed E-state index contributed by atoms with van der Waals surface area (Å²) in [6, 6.07) is 42.0. The first-order valence-corrected chi connectivity index (χ1v) is 19.2. The van der Waals surface area contributed by atoms with Gasteiger partial charge in [-0.25, -0.2) is 0 Å². The molecule has 2 nitrogen and oxygen atoms in total. The van der Waals surface area contributed by atoms with Crippen LogP contribution in [-0.4, -0.2) is 8.32 Å². The van der Waals surface area contributed by atoms with Crippen molar-refractivity contribution in [3.05, 3.63) is 144 Å². The molecule has 0 amide bonds. The smallest absolute Gasteiger partial charge is 0.192 e. The minimum Gasteiger partial charge on any atom is -0.456 e. The van der Waals surface area contributed by atoms with Gasteiger partial charge in [0.05, 0.1) is 6.10 Å². The first-order chi connectivity index (χ1) is 21.7. The van der Waals surface area contributed by atoms with Crippen LogP contribution in [0.15, 0.2) is 121 Å². The van der Waals surface area contributed by atoms with Crippen LogP contribution < -0.4 is 4.74 Å². The Balaban J connectivity index is 1.47. The van der Waals surface area contributed by atoms with Gasteiger partial charge in [0.2, 0.25) is 0 Å². The Labute approximate surface area is 267 Å². The molecule has 1 heterocycles. The number of hydrogen-bond donors (Lipinski definition) is 0. The number of fused-ring (bicyclic) bond motifs is 4. The minimum absolute atomic E-state index is 0.0171. The van der Waals surface area contributed by atoms with E-state index in [9.17, 15) is 0 Å². The number of hydrogen-bond acceptors (Lipinski definition) is 2. The molecule has 6 aromatic rings. The Morgan fingerprint density at radius 1 is 0.711 bits per heavy atom.